The van der Waals surface area contributed by atoms with Crippen molar-refractivity contribution >= 4 is 11.6 Å². The van der Waals surface area contributed by atoms with E-state index in [1.807, 2.05) is 30.7 Å². The molecule has 1 atom stereocenters. The summed E-state index contributed by atoms with van der Waals surface area (Å²) in [6.07, 6.45) is 0.778. The number of alkyl halides is 2. The zero-order chi connectivity index (χ0) is 17.7. The first-order chi connectivity index (χ1) is 11.4. The summed E-state index contributed by atoms with van der Waals surface area (Å²) in [6.45, 7) is 2.83. The molecule has 1 N–H and O–H groups in total. The maximum atomic E-state index is 12.5. The number of para-hydroxylation sites is 2. The van der Waals surface area contributed by atoms with Gasteiger partial charge in [0.25, 0.3) is 0 Å². The number of carbonyl (C=O) groups excluding carboxylic acids is 1. The Morgan fingerprint density at radius 2 is 2.12 bits per heavy atom. The minimum atomic E-state index is -2.85. The van der Waals surface area contributed by atoms with Crippen molar-refractivity contribution in [3.05, 3.63) is 24.3 Å². The highest BCUT2D eigenvalue weighted by Gasteiger charge is 2.26. The smallest absolute Gasteiger partial charge is 0.387 e. The van der Waals surface area contributed by atoms with Crippen molar-refractivity contribution in [2.24, 2.45) is 0 Å². The lowest BCUT2D eigenvalue weighted by Gasteiger charge is -2.23. The number of hydrogen-bond acceptors (Lipinski definition) is 4. The van der Waals surface area contributed by atoms with Crippen LogP contribution in [0.4, 0.5) is 14.5 Å². The van der Waals surface area contributed by atoms with Crippen LogP contribution in [0.1, 0.15) is 20.3 Å². The molecule has 134 valence electrons. The summed E-state index contributed by atoms with van der Waals surface area (Å²) in [5.41, 5.74) is 0.633. The molecule has 7 heteroatoms. The Hall–Kier alpha value is -1.89. The normalized spacial score (nSPS) is 17.8. The fraction of sp³-hybridized carbons (Fsp3) is 0.588. The van der Waals surface area contributed by atoms with E-state index >= 15 is 0 Å². The van der Waals surface area contributed by atoms with Crippen LogP contribution in [0, 0.1) is 0 Å². The van der Waals surface area contributed by atoms with Crippen molar-refractivity contribution in [1.82, 2.24) is 10.2 Å². The molecule has 1 saturated heterocycles. The van der Waals surface area contributed by atoms with Gasteiger partial charge in [-0.25, -0.2) is 0 Å². The largest absolute Gasteiger partial charge is 0.433 e. The van der Waals surface area contributed by atoms with Crippen LogP contribution in [0.3, 0.4) is 0 Å². The second-order valence-corrected chi connectivity index (χ2v) is 6.35. The van der Waals surface area contributed by atoms with Crippen LogP contribution in [0.2, 0.25) is 0 Å². The first kappa shape index (κ1) is 18.4. The van der Waals surface area contributed by atoms with Gasteiger partial charge in [0.05, 0.1) is 12.2 Å². The van der Waals surface area contributed by atoms with Crippen molar-refractivity contribution in [3.63, 3.8) is 0 Å². The van der Waals surface area contributed by atoms with E-state index in [0.29, 0.717) is 31.4 Å². The Morgan fingerprint density at radius 1 is 1.42 bits per heavy atom. The molecule has 1 aliphatic heterocycles. The van der Waals surface area contributed by atoms with Gasteiger partial charge in [0.2, 0.25) is 5.91 Å². The fourth-order valence-electron chi connectivity index (χ4n) is 2.69. The molecule has 2 rings (SSSR count). The van der Waals surface area contributed by atoms with E-state index in [4.69, 9.17) is 0 Å². The summed E-state index contributed by atoms with van der Waals surface area (Å²) in [5, 5.41) is 3.01. The second kappa shape index (κ2) is 8.28. The van der Waals surface area contributed by atoms with E-state index in [9.17, 15) is 13.6 Å². The van der Waals surface area contributed by atoms with E-state index in [1.165, 1.54) is 6.07 Å². The Labute approximate surface area is 141 Å². The Kier molecular flexibility index (Phi) is 6.36. The van der Waals surface area contributed by atoms with Crippen molar-refractivity contribution in [2.45, 2.75) is 39.0 Å². The minimum Gasteiger partial charge on any atom is -0.433 e. The predicted molar refractivity (Wildman–Crippen MR) is 89.6 cm³/mol. The molecule has 0 spiro atoms. The molecule has 24 heavy (non-hydrogen) atoms. The van der Waals surface area contributed by atoms with Gasteiger partial charge in [-0.3, -0.25) is 9.69 Å². The second-order valence-electron chi connectivity index (χ2n) is 6.35. The lowest BCUT2D eigenvalue weighted by atomic mass is 10.2. The molecule has 1 aromatic rings. The third kappa shape index (κ3) is 5.06. The van der Waals surface area contributed by atoms with Crippen molar-refractivity contribution in [3.8, 4) is 5.75 Å². The highest BCUT2D eigenvalue weighted by molar-refractivity contribution is 5.78. The standard InChI is InChI=1S/C17H25F2N3O2/c1-12(2)21(3)11-16(23)20-13-8-9-22(10-13)14-6-4-5-7-15(14)24-17(18)19/h4-7,12-13,17H,8-11H2,1-3H3,(H,20,23). The number of benzene rings is 1. The summed E-state index contributed by atoms with van der Waals surface area (Å²) in [4.78, 5) is 16.0. The number of rotatable bonds is 7. The van der Waals surface area contributed by atoms with Crippen molar-refractivity contribution in [1.29, 1.82) is 0 Å². The van der Waals surface area contributed by atoms with Gasteiger partial charge in [0, 0.05) is 25.2 Å². The molecule has 1 unspecified atom stereocenters. The van der Waals surface area contributed by atoms with Gasteiger partial charge in [0.1, 0.15) is 5.75 Å². The van der Waals surface area contributed by atoms with Gasteiger partial charge in [0.15, 0.2) is 0 Å². The molecule has 0 saturated carbocycles. The Balaban J connectivity index is 1.92. The van der Waals surface area contributed by atoms with E-state index < -0.39 is 6.61 Å². The van der Waals surface area contributed by atoms with Crippen LogP contribution < -0.4 is 15.0 Å². The molecule has 1 aromatic carbocycles. The van der Waals surface area contributed by atoms with Crippen LogP contribution in [-0.4, -0.2) is 56.2 Å². The molecule has 1 heterocycles. The molecular formula is C17H25F2N3O2. The van der Waals surface area contributed by atoms with Crippen molar-refractivity contribution in [2.75, 3.05) is 31.6 Å². The topological polar surface area (TPSA) is 44.8 Å². The molecule has 0 aliphatic carbocycles. The number of nitrogens with one attached hydrogen (secondary N) is 1. The summed E-state index contributed by atoms with van der Waals surface area (Å²) < 4.78 is 29.6. The number of anilines is 1. The molecule has 1 fully saturated rings. The summed E-state index contributed by atoms with van der Waals surface area (Å²) in [6, 6.07) is 7.06. The highest BCUT2D eigenvalue weighted by Crippen LogP contribution is 2.31. The van der Waals surface area contributed by atoms with Gasteiger partial charge in [-0.15, -0.1) is 0 Å². The summed E-state index contributed by atoms with van der Waals surface area (Å²) in [5.74, 6) is 0.147. The predicted octanol–water partition coefficient (Wildman–Crippen LogP) is 2.32. The zero-order valence-corrected chi connectivity index (χ0v) is 14.3. The molecule has 1 aliphatic rings. The highest BCUT2D eigenvalue weighted by atomic mass is 19.3. The maximum Gasteiger partial charge on any atom is 0.387 e. The number of nitrogens with zero attached hydrogens (tertiary/aromatic N) is 2. The van der Waals surface area contributed by atoms with Gasteiger partial charge in [-0.1, -0.05) is 12.1 Å². The van der Waals surface area contributed by atoms with E-state index in [2.05, 4.69) is 10.1 Å². The molecule has 0 radical (unpaired) electrons. The lowest BCUT2D eigenvalue weighted by molar-refractivity contribution is -0.122. The van der Waals surface area contributed by atoms with E-state index in [0.717, 1.165) is 6.42 Å². The summed E-state index contributed by atoms with van der Waals surface area (Å²) in [7, 11) is 1.91. The van der Waals surface area contributed by atoms with Crippen molar-refractivity contribution < 1.29 is 18.3 Å². The third-order valence-corrected chi connectivity index (χ3v) is 4.25. The fourth-order valence-corrected chi connectivity index (χ4v) is 2.69. The number of amides is 1. The average molecular weight is 341 g/mol. The SMILES string of the molecule is CC(C)N(C)CC(=O)NC1CCN(c2ccccc2OC(F)F)C1. The van der Waals surface area contributed by atoms with E-state index in [-0.39, 0.29) is 17.7 Å². The lowest BCUT2D eigenvalue weighted by Crippen LogP contribution is -2.43. The summed E-state index contributed by atoms with van der Waals surface area (Å²) >= 11 is 0. The van der Waals surface area contributed by atoms with Gasteiger partial charge >= 0.3 is 6.61 Å². The maximum absolute atomic E-state index is 12.5. The number of carbonyl (C=O) groups is 1. The Morgan fingerprint density at radius 3 is 2.79 bits per heavy atom. The van der Waals surface area contributed by atoms with Gasteiger partial charge < -0.3 is 15.0 Å². The number of ether oxygens (including phenoxy) is 1. The number of likely N-dealkylation sites (N-methyl/N-ethyl adjacent to an activating group) is 1. The molecular weight excluding hydrogens is 316 g/mol. The van der Waals surface area contributed by atoms with Gasteiger partial charge in [-0.2, -0.15) is 8.78 Å². The van der Waals surface area contributed by atoms with Crippen LogP contribution in [0.25, 0.3) is 0 Å². The quantitative estimate of drug-likeness (QED) is 0.827. The molecule has 5 nitrogen and oxygen atoms in total. The zero-order valence-electron chi connectivity index (χ0n) is 14.3. The first-order valence-corrected chi connectivity index (χ1v) is 8.15. The number of halogens is 2. The third-order valence-electron chi connectivity index (χ3n) is 4.25. The Bertz CT molecular complexity index is 554. The van der Waals surface area contributed by atoms with Crippen LogP contribution in [0.5, 0.6) is 5.75 Å². The first-order valence-electron chi connectivity index (χ1n) is 8.15. The van der Waals surface area contributed by atoms with Crippen LogP contribution in [0.15, 0.2) is 24.3 Å². The molecule has 0 aromatic heterocycles. The van der Waals surface area contributed by atoms with Gasteiger partial charge in [-0.05, 0) is 39.4 Å². The van der Waals surface area contributed by atoms with Crippen LogP contribution >= 0.6 is 0 Å². The monoisotopic (exact) mass is 341 g/mol. The number of hydrogen-bond donors (Lipinski definition) is 1. The van der Waals surface area contributed by atoms with E-state index in [1.54, 1.807) is 18.2 Å². The minimum absolute atomic E-state index is 0.0117. The average Bonchev–Trinajstić information content (AvgIpc) is 2.95. The molecule has 0 bridgehead atoms. The molecule has 1 amide bonds. The van der Waals surface area contributed by atoms with Crippen LogP contribution in [-0.2, 0) is 4.79 Å².